The molecule has 0 aliphatic carbocycles. The summed E-state index contributed by atoms with van der Waals surface area (Å²) in [5.41, 5.74) is 1.07. The molecule has 2 aromatic carbocycles. The van der Waals surface area contributed by atoms with Gasteiger partial charge in [0.2, 0.25) is 9.84 Å². The highest BCUT2D eigenvalue weighted by Crippen LogP contribution is 2.34. The van der Waals surface area contributed by atoms with Crippen LogP contribution in [-0.4, -0.2) is 35.4 Å². The van der Waals surface area contributed by atoms with E-state index in [0.717, 1.165) is 15.6 Å². The highest BCUT2D eigenvalue weighted by molar-refractivity contribution is 7.91. The number of H-pyrrole nitrogens is 1. The highest BCUT2D eigenvalue weighted by atomic mass is 32.2. The molecule has 3 N–H and O–H groups in total. The van der Waals surface area contributed by atoms with Gasteiger partial charge in [-0.25, -0.2) is 13.4 Å². The number of amides is 2. The smallest absolute Gasteiger partial charge is 0.257 e. The maximum atomic E-state index is 13.0. The minimum atomic E-state index is -3.92. The normalized spacial score (nSPS) is 14.1. The number of hydrogen-bond donors (Lipinski definition) is 3. The van der Waals surface area contributed by atoms with Crippen LogP contribution in [0.25, 0.3) is 10.7 Å². The van der Waals surface area contributed by atoms with Crippen LogP contribution in [0.1, 0.15) is 25.6 Å². The number of nitrogens with zero attached hydrogens (tertiary/aromatic N) is 2. The molecule has 2 aromatic heterocycles. The van der Waals surface area contributed by atoms with Crippen molar-refractivity contribution in [1.82, 2.24) is 20.5 Å². The summed E-state index contributed by atoms with van der Waals surface area (Å²) in [7, 11) is -3.92. The quantitative estimate of drug-likeness (QED) is 0.424. The number of aromatic nitrogens is 3. The number of rotatable bonds is 4. The predicted molar refractivity (Wildman–Crippen MR) is 117 cm³/mol. The highest BCUT2D eigenvalue weighted by Gasteiger charge is 2.31. The summed E-state index contributed by atoms with van der Waals surface area (Å²) >= 11 is 1.40. The molecule has 1 aliphatic heterocycles. The van der Waals surface area contributed by atoms with Gasteiger partial charge in [0.15, 0.2) is 0 Å². The molecule has 0 unspecified atom stereocenters. The lowest BCUT2D eigenvalue weighted by Gasteiger charge is -2.10. The number of carbonyl (C=O) groups excluding carboxylic acids is 2. The summed E-state index contributed by atoms with van der Waals surface area (Å²) in [6, 6.07) is 11.9. The minimum Gasteiger partial charge on any atom is -0.347 e. The van der Waals surface area contributed by atoms with E-state index in [0.29, 0.717) is 0 Å². The number of aromatic amines is 1. The SMILES string of the molecule is O=C(NCc1cnc(-c2cc[nH]n2)s1)c1ccc2c(c1)NC(=O)c1ccccc1S2(=O)=O. The fourth-order valence-corrected chi connectivity index (χ4v) is 5.77. The van der Waals surface area contributed by atoms with Gasteiger partial charge >= 0.3 is 0 Å². The van der Waals surface area contributed by atoms with Gasteiger partial charge in [0.1, 0.15) is 10.7 Å². The molecular weight excluding hydrogens is 450 g/mol. The van der Waals surface area contributed by atoms with E-state index in [9.17, 15) is 18.0 Å². The van der Waals surface area contributed by atoms with Crippen molar-refractivity contribution >= 4 is 38.7 Å². The van der Waals surface area contributed by atoms with Gasteiger partial charge in [-0.3, -0.25) is 14.7 Å². The third-order valence-electron chi connectivity index (χ3n) is 4.90. The average Bonchev–Trinajstić information content (AvgIpc) is 3.47. The lowest BCUT2D eigenvalue weighted by atomic mass is 10.1. The van der Waals surface area contributed by atoms with Crippen LogP contribution >= 0.6 is 11.3 Å². The Morgan fingerprint density at radius 3 is 2.75 bits per heavy atom. The lowest BCUT2D eigenvalue weighted by molar-refractivity contribution is 0.0949. The molecule has 0 saturated carbocycles. The second kappa shape index (κ2) is 7.70. The van der Waals surface area contributed by atoms with E-state index in [1.807, 2.05) is 0 Å². The molecule has 4 aromatic rings. The standard InChI is InChI=1S/C21H15N5O4S2/c27-19(22-10-13-11-23-21(31-13)15-7-8-24-26-15)12-5-6-18-16(9-12)25-20(28)14-3-1-2-4-17(14)32(18,29)30/h1-9,11H,10H2,(H,22,27)(H,24,26)(H,25,28). The Labute approximate surface area is 186 Å². The summed E-state index contributed by atoms with van der Waals surface area (Å²) in [6.45, 7) is 0.244. The molecule has 9 nitrogen and oxygen atoms in total. The predicted octanol–water partition coefficient (Wildman–Crippen LogP) is 2.86. The summed E-state index contributed by atoms with van der Waals surface area (Å²) in [5.74, 6) is -0.952. The maximum absolute atomic E-state index is 13.0. The van der Waals surface area contributed by atoms with E-state index in [1.165, 1.54) is 41.7 Å². The molecule has 1 aliphatic rings. The number of carbonyl (C=O) groups is 2. The van der Waals surface area contributed by atoms with Crippen molar-refractivity contribution in [1.29, 1.82) is 0 Å². The first-order valence-corrected chi connectivity index (χ1v) is 11.8. The molecule has 2 amide bonds. The zero-order valence-electron chi connectivity index (χ0n) is 16.3. The number of nitrogens with one attached hydrogen (secondary N) is 3. The third kappa shape index (κ3) is 3.47. The van der Waals surface area contributed by atoms with Crippen LogP contribution in [0.5, 0.6) is 0 Å². The summed E-state index contributed by atoms with van der Waals surface area (Å²) in [5, 5.41) is 12.9. The van der Waals surface area contributed by atoms with Crippen molar-refractivity contribution in [2.45, 2.75) is 16.3 Å². The zero-order chi connectivity index (χ0) is 22.3. The third-order valence-corrected chi connectivity index (χ3v) is 7.79. The van der Waals surface area contributed by atoms with Gasteiger partial charge in [0.25, 0.3) is 11.8 Å². The monoisotopic (exact) mass is 465 g/mol. The first-order valence-electron chi connectivity index (χ1n) is 9.46. The Hall–Kier alpha value is -3.83. The molecule has 0 radical (unpaired) electrons. The molecule has 0 bridgehead atoms. The fraction of sp³-hybridized carbons (Fsp3) is 0.0476. The van der Waals surface area contributed by atoms with E-state index in [1.54, 1.807) is 30.6 Å². The second-order valence-electron chi connectivity index (χ2n) is 6.94. The topological polar surface area (TPSA) is 134 Å². The summed E-state index contributed by atoms with van der Waals surface area (Å²) in [4.78, 5) is 30.2. The lowest BCUT2D eigenvalue weighted by Crippen LogP contribution is -2.22. The molecular formula is C21H15N5O4S2. The van der Waals surface area contributed by atoms with Gasteiger partial charge in [0.05, 0.1) is 27.6 Å². The van der Waals surface area contributed by atoms with Crippen LogP contribution in [0, 0.1) is 0 Å². The van der Waals surface area contributed by atoms with E-state index in [-0.39, 0.29) is 33.2 Å². The van der Waals surface area contributed by atoms with Crippen molar-refractivity contribution in [3.05, 3.63) is 76.9 Å². The Bertz CT molecular complexity index is 1460. The average molecular weight is 466 g/mol. The van der Waals surface area contributed by atoms with Crippen molar-refractivity contribution in [3.8, 4) is 10.7 Å². The Balaban J connectivity index is 1.38. The van der Waals surface area contributed by atoms with Gasteiger partial charge in [0, 0.05) is 22.8 Å². The van der Waals surface area contributed by atoms with Gasteiger partial charge in [-0.2, -0.15) is 5.10 Å². The van der Waals surface area contributed by atoms with Gasteiger partial charge in [-0.1, -0.05) is 12.1 Å². The van der Waals surface area contributed by atoms with Crippen molar-refractivity contribution in [3.63, 3.8) is 0 Å². The Morgan fingerprint density at radius 2 is 1.94 bits per heavy atom. The molecule has 0 spiro atoms. The van der Waals surface area contributed by atoms with Gasteiger partial charge < -0.3 is 10.6 Å². The number of hydrogen-bond acceptors (Lipinski definition) is 7. The van der Waals surface area contributed by atoms with Gasteiger partial charge in [-0.05, 0) is 36.4 Å². The van der Waals surface area contributed by atoms with E-state index in [4.69, 9.17) is 0 Å². The molecule has 0 fully saturated rings. The zero-order valence-corrected chi connectivity index (χ0v) is 18.0. The van der Waals surface area contributed by atoms with Crippen LogP contribution in [0.2, 0.25) is 0 Å². The van der Waals surface area contributed by atoms with Crippen LogP contribution < -0.4 is 10.6 Å². The number of sulfone groups is 1. The molecule has 0 atom stereocenters. The maximum Gasteiger partial charge on any atom is 0.257 e. The van der Waals surface area contributed by atoms with Gasteiger partial charge in [-0.15, -0.1) is 11.3 Å². The largest absolute Gasteiger partial charge is 0.347 e. The number of thiazole rings is 1. The number of fused-ring (bicyclic) bond motifs is 2. The van der Waals surface area contributed by atoms with Crippen molar-refractivity contribution < 1.29 is 18.0 Å². The van der Waals surface area contributed by atoms with E-state index >= 15 is 0 Å². The fourth-order valence-electron chi connectivity index (χ4n) is 3.36. The molecule has 3 heterocycles. The van der Waals surface area contributed by atoms with Crippen LogP contribution in [-0.2, 0) is 16.4 Å². The van der Waals surface area contributed by atoms with Crippen molar-refractivity contribution in [2.24, 2.45) is 0 Å². The van der Waals surface area contributed by atoms with Crippen molar-refractivity contribution in [2.75, 3.05) is 5.32 Å². The second-order valence-corrected chi connectivity index (χ2v) is 9.94. The van der Waals surface area contributed by atoms with E-state index < -0.39 is 21.7 Å². The summed E-state index contributed by atoms with van der Waals surface area (Å²) in [6.07, 6.45) is 3.37. The van der Waals surface area contributed by atoms with Crippen LogP contribution in [0.4, 0.5) is 5.69 Å². The molecule has 0 saturated heterocycles. The summed E-state index contributed by atoms with van der Waals surface area (Å²) < 4.78 is 26.1. The van der Waals surface area contributed by atoms with Crippen LogP contribution in [0.15, 0.2) is 70.7 Å². The number of anilines is 1. The Morgan fingerprint density at radius 1 is 1.09 bits per heavy atom. The molecule has 32 heavy (non-hydrogen) atoms. The molecule has 160 valence electrons. The first kappa shape index (κ1) is 20.1. The van der Waals surface area contributed by atoms with E-state index in [2.05, 4.69) is 25.8 Å². The molecule has 5 rings (SSSR count). The molecule has 11 heteroatoms. The number of benzene rings is 2. The first-order chi connectivity index (χ1) is 15.4. The van der Waals surface area contributed by atoms with Crippen LogP contribution in [0.3, 0.4) is 0 Å². The minimum absolute atomic E-state index is 0.0570. The Kier molecular flexibility index (Phi) is 4.83.